The Morgan fingerprint density at radius 2 is 2.00 bits per heavy atom. The second kappa shape index (κ2) is 4.61. The van der Waals surface area contributed by atoms with Crippen molar-refractivity contribution in [3.05, 3.63) is 42.1 Å². The fraction of sp³-hybridized carbons (Fsp3) is 0.0833. The number of hydrogen-bond acceptors (Lipinski definition) is 4. The molecule has 5 heteroatoms. The molecular formula is C12H9NO4. The topological polar surface area (TPSA) is 76.5 Å². The largest absolute Gasteiger partial charge is 0.473 e. The van der Waals surface area contributed by atoms with Gasteiger partial charge in [0, 0.05) is 17.1 Å². The zero-order chi connectivity index (χ0) is 12.3. The fourth-order valence-electron chi connectivity index (χ4n) is 1.49. The van der Waals surface area contributed by atoms with Gasteiger partial charge in [-0.3, -0.25) is 4.98 Å². The lowest BCUT2D eigenvalue weighted by molar-refractivity contribution is -0.164. The molecule has 1 N–H and O–H groups in total. The van der Waals surface area contributed by atoms with Crippen LogP contribution in [0, 0.1) is 0 Å². The van der Waals surface area contributed by atoms with Crippen molar-refractivity contribution in [3.8, 4) is 0 Å². The molecule has 86 valence electrons. The van der Waals surface area contributed by atoms with Crippen molar-refractivity contribution in [1.82, 2.24) is 4.98 Å². The minimum atomic E-state index is -1.60. The number of fused-ring (bicyclic) bond motifs is 1. The van der Waals surface area contributed by atoms with Gasteiger partial charge < -0.3 is 9.84 Å². The second-order valence-electron chi connectivity index (χ2n) is 3.37. The smallest absolute Gasteiger partial charge is 0.417 e. The molecule has 0 unspecified atom stereocenters. The molecule has 2 rings (SSSR count). The van der Waals surface area contributed by atoms with Crippen LogP contribution in [0.2, 0.25) is 0 Å². The van der Waals surface area contributed by atoms with E-state index in [1.807, 2.05) is 12.1 Å². The third-order valence-electron chi connectivity index (χ3n) is 2.25. The molecule has 0 atom stereocenters. The van der Waals surface area contributed by atoms with E-state index in [1.165, 1.54) is 0 Å². The number of hydrogen-bond donors (Lipinski definition) is 1. The van der Waals surface area contributed by atoms with Gasteiger partial charge in [0.05, 0.1) is 5.52 Å². The van der Waals surface area contributed by atoms with Crippen LogP contribution < -0.4 is 0 Å². The monoisotopic (exact) mass is 231 g/mol. The maximum atomic E-state index is 10.8. The van der Waals surface area contributed by atoms with Gasteiger partial charge in [-0.15, -0.1) is 0 Å². The molecule has 0 aliphatic rings. The molecule has 0 radical (unpaired) electrons. The summed E-state index contributed by atoms with van der Waals surface area (Å²) in [7, 11) is 0. The van der Waals surface area contributed by atoms with Crippen LogP contribution in [-0.2, 0) is 20.9 Å². The van der Waals surface area contributed by atoms with Crippen molar-refractivity contribution in [2.75, 3.05) is 0 Å². The van der Waals surface area contributed by atoms with E-state index < -0.39 is 11.9 Å². The predicted molar refractivity (Wildman–Crippen MR) is 59.2 cm³/mol. The highest BCUT2D eigenvalue weighted by atomic mass is 16.6. The van der Waals surface area contributed by atoms with Crippen molar-refractivity contribution in [1.29, 1.82) is 0 Å². The van der Waals surface area contributed by atoms with Crippen LogP contribution in [0.25, 0.3) is 10.9 Å². The standard InChI is InChI=1S/C12H9NO4/c14-11(15)12(16)17-7-9-4-1-3-8-5-2-6-13-10(8)9/h1-6H,7H2,(H,14,15). The summed E-state index contributed by atoms with van der Waals surface area (Å²) < 4.78 is 4.62. The van der Waals surface area contributed by atoms with Crippen LogP contribution in [0.5, 0.6) is 0 Å². The molecule has 0 saturated carbocycles. The zero-order valence-corrected chi connectivity index (χ0v) is 8.79. The Bertz CT molecular complexity index is 574. The summed E-state index contributed by atoms with van der Waals surface area (Å²) >= 11 is 0. The molecule has 5 nitrogen and oxygen atoms in total. The summed E-state index contributed by atoms with van der Waals surface area (Å²) in [6.07, 6.45) is 1.63. The second-order valence-corrected chi connectivity index (χ2v) is 3.37. The molecule has 0 saturated heterocycles. The van der Waals surface area contributed by atoms with Gasteiger partial charge in [-0.1, -0.05) is 24.3 Å². The average Bonchev–Trinajstić information content (AvgIpc) is 2.35. The lowest BCUT2D eigenvalue weighted by atomic mass is 10.1. The first-order valence-corrected chi connectivity index (χ1v) is 4.91. The minimum Gasteiger partial charge on any atom is -0.473 e. The number of para-hydroxylation sites is 1. The van der Waals surface area contributed by atoms with Crippen LogP contribution in [-0.4, -0.2) is 22.0 Å². The lowest BCUT2D eigenvalue weighted by Gasteiger charge is -2.05. The molecule has 17 heavy (non-hydrogen) atoms. The van der Waals surface area contributed by atoms with Gasteiger partial charge in [0.25, 0.3) is 0 Å². The zero-order valence-electron chi connectivity index (χ0n) is 8.79. The number of carboxylic acid groups (broad SMARTS) is 1. The van der Waals surface area contributed by atoms with E-state index in [-0.39, 0.29) is 6.61 Å². The average molecular weight is 231 g/mol. The number of pyridine rings is 1. The third-order valence-corrected chi connectivity index (χ3v) is 2.25. The lowest BCUT2D eigenvalue weighted by Crippen LogP contribution is -2.16. The molecule has 1 aromatic carbocycles. The van der Waals surface area contributed by atoms with Crippen molar-refractivity contribution >= 4 is 22.8 Å². The number of nitrogens with zero attached hydrogens (tertiary/aromatic N) is 1. The van der Waals surface area contributed by atoms with Gasteiger partial charge in [0.2, 0.25) is 0 Å². The molecule has 0 amide bonds. The highest BCUT2D eigenvalue weighted by Crippen LogP contribution is 2.16. The van der Waals surface area contributed by atoms with Crippen LogP contribution in [0.15, 0.2) is 36.5 Å². The molecule has 0 fully saturated rings. The number of esters is 1. The molecule has 0 aliphatic heterocycles. The van der Waals surface area contributed by atoms with Gasteiger partial charge in [0.1, 0.15) is 6.61 Å². The van der Waals surface area contributed by atoms with Crippen molar-refractivity contribution in [3.63, 3.8) is 0 Å². The predicted octanol–water partition coefficient (Wildman–Crippen LogP) is 1.36. The van der Waals surface area contributed by atoms with Gasteiger partial charge in [0.15, 0.2) is 0 Å². The van der Waals surface area contributed by atoms with Gasteiger partial charge in [-0.05, 0) is 6.07 Å². The number of carboxylic acids is 1. The van der Waals surface area contributed by atoms with Crippen LogP contribution in [0.3, 0.4) is 0 Å². The summed E-state index contributed by atoms with van der Waals surface area (Å²) in [6, 6.07) is 9.10. The Balaban J connectivity index is 2.24. The summed E-state index contributed by atoms with van der Waals surface area (Å²) in [4.78, 5) is 25.3. The Labute approximate surface area is 96.7 Å². The van der Waals surface area contributed by atoms with Gasteiger partial charge in [-0.2, -0.15) is 0 Å². The van der Waals surface area contributed by atoms with E-state index in [1.54, 1.807) is 24.4 Å². The number of aliphatic carboxylic acids is 1. The fourth-order valence-corrected chi connectivity index (χ4v) is 1.49. The Morgan fingerprint density at radius 3 is 2.76 bits per heavy atom. The number of carbonyl (C=O) groups excluding carboxylic acids is 1. The summed E-state index contributed by atoms with van der Waals surface area (Å²) in [6.45, 7) is -0.0977. The highest BCUT2D eigenvalue weighted by Gasteiger charge is 2.13. The number of ether oxygens (including phenoxy) is 1. The maximum absolute atomic E-state index is 10.8. The van der Waals surface area contributed by atoms with E-state index in [2.05, 4.69) is 9.72 Å². The highest BCUT2D eigenvalue weighted by molar-refractivity contribution is 6.28. The number of carbonyl (C=O) groups is 2. The molecule has 1 aromatic heterocycles. The SMILES string of the molecule is O=C(O)C(=O)OCc1cccc2cccnc12. The molecule has 0 spiro atoms. The van der Waals surface area contributed by atoms with E-state index in [4.69, 9.17) is 5.11 Å². The number of aromatic nitrogens is 1. The molecule has 0 aliphatic carbocycles. The number of rotatable bonds is 2. The Morgan fingerprint density at radius 1 is 1.24 bits per heavy atom. The van der Waals surface area contributed by atoms with Crippen LogP contribution >= 0.6 is 0 Å². The quantitative estimate of drug-likeness (QED) is 0.623. The summed E-state index contributed by atoms with van der Waals surface area (Å²) in [5, 5.41) is 9.30. The molecule has 2 aromatic rings. The first kappa shape index (κ1) is 11.1. The normalized spacial score (nSPS) is 10.1. The summed E-state index contributed by atoms with van der Waals surface area (Å²) in [5.41, 5.74) is 1.38. The third kappa shape index (κ3) is 2.39. The van der Waals surface area contributed by atoms with Gasteiger partial charge >= 0.3 is 11.9 Å². The maximum Gasteiger partial charge on any atom is 0.417 e. The molecular weight excluding hydrogens is 222 g/mol. The van der Waals surface area contributed by atoms with Crippen molar-refractivity contribution in [2.24, 2.45) is 0 Å². The van der Waals surface area contributed by atoms with Crippen LogP contribution in [0.4, 0.5) is 0 Å². The number of benzene rings is 1. The summed E-state index contributed by atoms with van der Waals surface area (Å²) in [5.74, 6) is -2.86. The van der Waals surface area contributed by atoms with E-state index in [9.17, 15) is 9.59 Å². The van der Waals surface area contributed by atoms with Crippen LogP contribution in [0.1, 0.15) is 5.56 Å². The van der Waals surface area contributed by atoms with E-state index >= 15 is 0 Å². The minimum absolute atomic E-state index is 0.0977. The Kier molecular flexibility index (Phi) is 3.00. The van der Waals surface area contributed by atoms with E-state index in [0.29, 0.717) is 11.1 Å². The van der Waals surface area contributed by atoms with Crippen molar-refractivity contribution in [2.45, 2.75) is 6.61 Å². The van der Waals surface area contributed by atoms with E-state index in [0.717, 1.165) is 5.39 Å². The first-order chi connectivity index (χ1) is 8.18. The molecule has 0 bridgehead atoms. The Hall–Kier alpha value is -2.43. The first-order valence-electron chi connectivity index (χ1n) is 4.91. The molecule has 1 heterocycles. The van der Waals surface area contributed by atoms with Gasteiger partial charge in [-0.25, -0.2) is 9.59 Å². The van der Waals surface area contributed by atoms with Crippen molar-refractivity contribution < 1.29 is 19.4 Å².